The quantitative estimate of drug-likeness (QED) is 0.407. The molecule has 1 atom stereocenters. The Kier molecular flexibility index (Phi) is 4.94. The summed E-state index contributed by atoms with van der Waals surface area (Å²) in [5.41, 5.74) is 7.83. The Morgan fingerprint density at radius 3 is 2.42 bits per heavy atom. The molecular weight excluding hydrogens is 444 g/mol. The Morgan fingerprint density at radius 2 is 1.67 bits per heavy atom. The van der Waals surface area contributed by atoms with Crippen molar-refractivity contribution in [1.82, 2.24) is 15.1 Å². The molecule has 3 heterocycles. The molecule has 0 radical (unpaired) electrons. The molecule has 1 fully saturated rings. The Balaban J connectivity index is 1.49. The summed E-state index contributed by atoms with van der Waals surface area (Å²) < 4.78 is 1.93. The van der Waals surface area contributed by atoms with E-state index in [1.54, 1.807) is 0 Å². The van der Waals surface area contributed by atoms with E-state index in [-0.39, 0.29) is 11.3 Å². The van der Waals surface area contributed by atoms with Crippen LogP contribution in [0.1, 0.15) is 36.2 Å². The third-order valence-electron chi connectivity index (χ3n) is 7.74. The highest BCUT2D eigenvalue weighted by Gasteiger charge is 2.60. The molecule has 6 rings (SSSR count). The summed E-state index contributed by atoms with van der Waals surface area (Å²) in [5, 5.41) is 8.31. The number of para-hydroxylation sites is 1. The molecule has 0 aliphatic carbocycles. The van der Waals surface area contributed by atoms with E-state index in [0.29, 0.717) is 6.54 Å². The van der Waals surface area contributed by atoms with Gasteiger partial charge in [0.1, 0.15) is 5.66 Å². The molecule has 4 aromatic rings. The van der Waals surface area contributed by atoms with E-state index < -0.39 is 5.66 Å². The van der Waals surface area contributed by atoms with Crippen LogP contribution in [0.3, 0.4) is 0 Å². The number of amides is 1. The number of fused-ring (bicyclic) bond motifs is 3. The second-order valence-corrected chi connectivity index (χ2v) is 10.5. The molecule has 1 amide bonds. The van der Waals surface area contributed by atoms with Crippen LogP contribution in [-0.4, -0.2) is 27.9 Å². The van der Waals surface area contributed by atoms with Gasteiger partial charge in [0.2, 0.25) is 5.91 Å². The zero-order valence-corrected chi connectivity index (χ0v) is 21.1. The minimum Gasteiger partial charge on any atom is -0.335 e. The number of hydrogen-bond acceptors (Lipinski definition) is 3. The highest BCUT2D eigenvalue weighted by atomic mass is 16.2. The third-order valence-corrected chi connectivity index (χ3v) is 7.74. The predicted octanol–water partition coefficient (Wildman–Crippen LogP) is 5.79. The molecule has 36 heavy (non-hydrogen) atoms. The number of rotatable bonds is 4. The summed E-state index contributed by atoms with van der Waals surface area (Å²) >= 11 is 0. The average Bonchev–Trinajstić information content (AvgIpc) is 3.49. The van der Waals surface area contributed by atoms with Gasteiger partial charge in [-0.1, -0.05) is 79.6 Å². The summed E-state index contributed by atoms with van der Waals surface area (Å²) in [5.74, 6) is 0.0347. The van der Waals surface area contributed by atoms with Gasteiger partial charge in [-0.2, -0.15) is 5.10 Å². The highest BCUT2D eigenvalue weighted by molar-refractivity contribution is 5.92. The largest absolute Gasteiger partial charge is 0.335 e. The third kappa shape index (κ3) is 3.30. The lowest BCUT2D eigenvalue weighted by atomic mass is 9.75. The van der Waals surface area contributed by atoms with Crippen molar-refractivity contribution in [3.63, 3.8) is 0 Å². The van der Waals surface area contributed by atoms with Crippen LogP contribution >= 0.6 is 0 Å². The van der Waals surface area contributed by atoms with Gasteiger partial charge in [-0.15, -0.1) is 0 Å². The van der Waals surface area contributed by atoms with Gasteiger partial charge in [0.25, 0.3) is 0 Å². The van der Waals surface area contributed by atoms with Crippen molar-refractivity contribution in [3.8, 4) is 16.8 Å². The van der Waals surface area contributed by atoms with Crippen molar-refractivity contribution >= 4 is 17.7 Å². The Labute approximate surface area is 212 Å². The van der Waals surface area contributed by atoms with E-state index in [0.717, 1.165) is 28.2 Å². The van der Waals surface area contributed by atoms with Gasteiger partial charge < -0.3 is 10.2 Å². The van der Waals surface area contributed by atoms with Gasteiger partial charge in [0, 0.05) is 22.9 Å². The molecule has 1 saturated heterocycles. The maximum Gasteiger partial charge on any atom is 0.241 e. The second kappa shape index (κ2) is 7.95. The van der Waals surface area contributed by atoms with Crippen molar-refractivity contribution < 1.29 is 4.79 Å². The van der Waals surface area contributed by atoms with E-state index in [2.05, 4.69) is 111 Å². The molecule has 3 aromatic carbocycles. The van der Waals surface area contributed by atoms with Gasteiger partial charge >= 0.3 is 0 Å². The normalized spacial score (nSPS) is 20.0. The molecule has 5 nitrogen and oxygen atoms in total. The van der Waals surface area contributed by atoms with Gasteiger partial charge in [-0.3, -0.25) is 4.79 Å². The van der Waals surface area contributed by atoms with Crippen molar-refractivity contribution in [2.24, 2.45) is 0 Å². The Morgan fingerprint density at radius 1 is 0.944 bits per heavy atom. The summed E-state index contributed by atoms with van der Waals surface area (Å²) in [6.07, 6.45) is 6.30. The van der Waals surface area contributed by atoms with E-state index in [1.807, 2.05) is 22.9 Å². The first-order chi connectivity index (χ1) is 17.3. The van der Waals surface area contributed by atoms with Crippen LogP contribution in [0.2, 0.25) is 0 Å². The first-order valence-corrected chi connectivity index (χ1v) is 12.4. The standard InChI is InChI=1S/C31H30N4O/c1-21-10-13-23(14-11-21)25-19-35(24-8-6-5-7-9-24)33-27(25)16-17-31-30(3,4)26-18-22(2)12-15-28(26)34(31)20-29(36)32-31/h5-19H,20H2,1-4H3,(H,32,36)/b17-16+/t31-/m1/s1. The average molecular weight is 475 g/mol. The van der Waals surface area contributed by atoms with Crippen LogP contribution in [0.25, 0.3) is 22.9 Å². The number of aryl methyl sites for hydroxylation is 2. The molecule has 1 N–H and O–H groups in total. The fourth-order valence-corrected chi connectivity index (χ4v) is 5.67. The lowest BCUT2D eigenvalue weighted by Gasteiger charge is -2.40. The van der Waals surface area contributed by atoms with Crippen LogP contribution in [0, 0.1) is 13.8 Å². The van der Waals surface area contributed by atoms with Crippen molar-refractivity contribution in [2.45, 2.75) is 38.8 Å². The smallest absolute Gasteiger partial charge is 0.241 e. The number of hydrogen-bond donors (Lipinski definition) is 1. The van der Waals surface area contributed by atoms with Crippen LogP contribution < -0.4 is 10.2 Å². The first-order valence-electron chi connectivity index (χ1n) is 12.4. The monoisotopic (exact) mass is 474 g/mol. The van der Waals surface area contributed by atoms with Crippen LogP contribution in [-0.2, 0) is 10.2 Å². The molecule has 1 aromatic heterocycles. The van der Waals surface area contributed by atoms with E-state index >= 15 is 0 Å². The topological polar surface area (TPSA) is 50.2 Å². The molecule has 0 bridgehead atoms. The van der Waals surface area contributed by atoms with E-state index in [9.17, 15) is 4.79 Å². The SMILES string of the molecule is Cc1ccc(-c2cn(-c3ccccc3)nc2/C=C/[C@@]23NC(=O)CN2c2ccc(C)cc2C3(C)C)cc1. The molecule has 0 unspecified atom stereocenters. The zero-order valence-electron chi connectivity index (χ0n) is 21.1. The minimum absolute atomic E-state index is 0.0347. The number of nitrogens with zero attached hydrogens (tertiary/aromatic N) is 3. The van der Waals surface area contributed by atoms with Crippen LogP contribution in [0.5, 0.6) is 0 Å². The summed E-state index contributed by atoms with van der Waals surface area (Å²) in [6, 6.07) is 25.2. The lowest BCUT2D eigenvalue weighted by molar-refractivity contribution is -0.118. The molecule has 0 saturated carbocycles. The highest BCUT2D eigenvalue weighted by Crippen LogP contribution is 2.53. The number of benzene rings is 3. The first kappa shape index (κ1) is 22.4. The molecular formula is C31H30N4O. The minimum atomic E-state index is -0.665. The zero-order chi connectivity index (χ0) is 25.1. The van der Waals surface area contributed by atoms with E-state index in [4.69, 9.17) is 5.10 Å². The van der Waals surface area contributed by atoms with Gasteiger partial charge in [-0.05, 0) is 55.3 Å². The molecule has 2 aliphatic rings. The van der Waals surface area contributed by atoms with Gasteiger partial charge in [-0.25, -0.2) is 4.68 Å². The van der Waals surface area contributed by atoms with Crippen molar-refractivity contribution in [2.75, 3.05) is 11.4 Å². The molecule has 0 spiro atoms. The predicted molar refractivity (Wildman–Crippen MR) is 145 cm³/mol. The number of aromatic nitrogens is 2. The number of nitrogens with one attached hydrogen (secondary N) is 1. The fraction of sp³-hybridized carbons (Fsp3) is 0.226. The molecule has 5 heteroatoms. The number of carbonyl (C=O) groups is 1. The number of carbonyl (C=O) groups excluding carboxylic acids is 1. The Bertz CT molecular complexity index is 1500. The summed E-state index contributed by atoms with van der Waals surface area (Å²) in [4.78, 5) is 14.9. The van der Waals surface area contributed by atoms with Crippen LogP contribution in [0.15, 0.2) is 85.1 Å². The maximum absolute atomic E-state index is 12.7. The lowest BCUT2D eigenvalue weighted by Crippen LogP contribution is -2.58. The van der Waals surface area contributed by atoms with Crippen molar-refractivity contribution in [3.05, 3.63) is 107 Å². The summed E-state index contributed by atoms with van der Waals surface area (Å²) in [7, 11) is 0. The fourth-order valence-electron chi connectivity index (χ4n) is 5.67. The Hall–Kier alpha value is -4.12. The molecule has 2 aliphatic heterocycles. The maximum atomic E-state index is 12.7. The second-order valence-electron chi connectivity index (χ2n) is 10.5. The molecule has 180 valence electrons. The number of anilines is 1. The van der Waals surface area contributed by atoms with Gasteiger partial charge in [0.05, 0.1) is 17.9 Å². The van der Waals surface area contributed by atoms with Crippen molar-refractivity contribution in [1.29, 1.82) is 0 Å². The summed E-state index contributed by atoms with van der Waals surface area (Å²) in [6.45, 7) is 8.98. The van der Waals surface area contributed by atoms with Gasteiger partial charge in [0.15, 0.2) is 0 Å². The van der Waals surface area contributed by atoms with Crippen LogP contribution in [0.4, 0.5) is 5.69 Å². The van der Waals surface area contributed by atoms with E-state index in [1.165, 1.54) is 16.7 Å².